The van der Waals surface area contributed by atoms with E-state index in [1.165, 1.54) is 17.2 Å². The number of benzene rings is 1. The van der Waals surface area contributed by atoms with Crippen molar-refractivity contribution in [1.82, 2.24) is 30.0 Å². The van der Waals surface area contributed by atoms with Gasteiger partial charge in [0.25, 0.3) is 5.91 Å². The van der Waals surface area contributed by atoms with Crippen LogP contribution in [0.15, 0.2) is 55.4 Å². The third kappa shape index (κ3) is 3.39. The number of fused-ring (bicyclic) bond motifs is 1. The van der Waals surface area contributed by atoms with Crippen molar-refractivity contribution in [3.05, 3.63) is 72.1 Å². The smallest absolute Gasteiger partial charge is 0.252 e. The lowest BCUT2D eigenvalue weighted by atomic mass is 10.1. The van der Waals surface area contributed by atoms with E-state index in [0.29, 0.717) is 29.9 Å². The molecule has 0 aliphatic heterocycles. The maximum Gasteiger partial charge on any atom is 0.252 e. The van der Waals surface area contributed by atoms with Gasteiger partial charge in [-0.3, -0.25) is 4.79 Å². The summed E-state index contributed by atoms with van der Waals surface area (Å²) in [5.74, 6) is 0.408. The lowest BCUT2D eigenvalue weighted by molar-refractivity contribution is 0.0954. The molecule has 2 N–H and O–H groups in total. The summed E-state index contributed by atoms with van der Waals surface area (Å²) in [4.78, 5) is 23.4. The van der Waals surface area contributed by atoms with E-state index < -0.39 is 0 Å². The maximum absolute atomic E-state index is 12.3. The molecule has 0 unspecified atom stereocenters. The minimum Gasteiger partial charge on any atom is -0.360 e. The first-order valence-corrected chi connectivity index (χ1v) is 8.34. The Balaban J connectivity index is 1.37. The molecular weight excluding hydrogens is 342 g/mol. The fourth-order valence-corrected chi connectivity index (χ4v) is 2.82. The number of H-pyrrole nitrogens is 1. The van der Waals surface area contributed by atoms with Crippen molar-refractivity contribution in [2.75, 3.05) is 6.54 Å². The highest BCUT2D eigenvalue weighted by Crippen LogP contribution is 2.19. The number of nitrogens with one attached hydrogen (secondary N) is 2. The fourth-order valence-electron chi connectivity index (χ4n) is 2.82. The predicted molar refractivity (Wildman–Crippen MR) is 98.2 cm³/mol. The van der Waals surface area contributed by atoms with Crippen molar-refractivity contribution in [1.29, 1.82) is 5.26 Å². The number of carbonyl (C=O) groups is 1. The van der Waals surface area contributed by atoms with Gasteiger partial charge in [-0.2, -0.15) is 10.4 Å². The largest absolute Gasteiger partial charge is 0.360 e. The average Bonchev–Trinajstić information content (AvgIpc) is 3.37. The number of aromatic nitrogens is 5. The first kappa shape index (κ1) is 16.5. The molecular formula is C19H15N7O. The van der Waals surface area contributed by atoms with Crippen molar-refractivity contribution in [3.63, 3.8) is 0 Å². The second-order valence-corrected chi connectivity index (χ2v) is 5.95. The Hall–Kier alpha value is -3.99. The molecule has 4 aromatic rings. The molecule has 0 saturated heterocycles. The van der Waals surface area contributed by atoms with Gasteiger partial charge < -0.3 is 10.3 Å². The lowest BCUT2D eigenvalue weighted by Gasteiger charge is -2.06. The third-order valence-electron chi connectivity index (χ3n) is 4.23. The molecule has 0 saturated carbocycles. The molecule has 0 aliphatic rings. The normalized spacial score (nSPS) is 10.6. The van der Waals surface area contributed by atoms with Gasteiger partial charge in [0, 0.05) is 29.8 Å². The van der Waals surface area contributed by atoms with Crippen LogP contribution in [0.25, 0.3) is 16.7 Å². The average molecular weight is 357 g/mol. The van der Waals surface area contributed by atoms with Crippen LogP contribution in [0.2, 0.25) is 0 Å². The number of rotatable bonds is 5. The third-order valence-corrected chi connectivity index (χ3v) is 4.23. The molecule has 0 atom stereocenters. The minimum atomic E-state index is -0.187. The molecule has 3 heterocycles. The summed E-state index contributed by atoms with van der Waals surface area (Å²) in [7, 11) is 0. The standard InChI is InChI=1S/C19H15N7O/c20-8-15-10-23-17-3-1-13(7-16(15)17)5-6-22-19(27)14-2-4-18(24-9-14)26-12-21-11-25-26/h1-4,7,9-12,23H,5-6H2,(H,22,27). The topological polar surface area (TPSA) is 112 Å². The highest BCUT2D eigenvalue weighted by Gasteiger charge is 2.08. The highest BCUT2D eigenvalue weighted by atomic mass is 16.1. The number of nitrogens with zero attached hydrogens (tertiary/aromatic N) is 5. The number of hydrogen-bond donors (Lipinski definition) is 2. The summed E-state index contributed by atoms with van der Waals surface area (Å²) in [5.41, 5.74) is 3.08. The number of nitriles is 1. The Kier molecular flexibility index (Phi) is 4.33. The molecule has 0 fully saturated rings. The number of pyridine rings is 1. The van der Waals surface area contributed by atoms with Gasteiger partial charge in [0.05, 0.1) is 11.1 Å². The first-order valence-electron chi connectivity index (χ1n) is 8.34. The van der Waals surface area contributed by atoms with Crippen LogP contribution < -0.4 is 5.32 Å². The number of aromatic amines is 1. The monoisotopic (exact) mass is 357 g/mol. The Labute approximate surface area is 154 Å². The van der Waals surface area contributed by atoms with Crippen molar-refractivity contribution in [2.24, 2.45) is 0 Å². The summed E-state index contributed by atoms with van der Waals surface area (Å²) >= 11 is 0. The summed E-state index contributed by atoms with van der Waals surface area (Å²) in [6, 6.07) is 11.5. The van der Waals surface area contributed by atoms with Crippen molar-refractivity contribution in [2.45, 2.75) is 6.42 Å². The van der Waals surface area contributed by atoms with E-state index >= 15 is 0 Å². The van der Waals surface area contributed by atoms with Gasteiger partial charge in [-0.05, 0) is 36.2 Å². The van der Waals surface area contributed by atoms with Gasteiger partial charge in [-0.25, -0.2) is 14.6 Å². The number of hydrogen-bond acceptors (Lipinski definition) is 5. The summed E-state index contributed by atoms with van der Waals surface area (Å²) in [5, 5.41) is 16.9. The molecule has 0 aliphatic carbocycles. The minimum absolute atomic E-state index is 0.187. The fraction of sp³-hybridized carbons (Fsp3) is 0.105. The second-order valence-electron chi connectivity index (χ2n) is 5.95. The SMILES string of the molecule is N#Cc1c[nH]c2ccc(CCNC(=O)c3ccc(-n4cncn4)nc3)cc12. The predicted octanol–water partition coefficient (Wildman–Crippen LogP) is 1.99. The van der Waals surface area contributed by atoms with Gasteiger partial charge in [0.2, 0.25) is 0 Å². The molecule has 1 amide bonds. The maximum atomic E-state index is 12.3. The van der Waals surface area contributed by atoms with E-state index in [2.05, 4.69) is 31.4 Å². The summed E-state index contributed by atoms with van der Waals surface area (Å²) in [6.45, 7) is 0.488. The summed E-state index contributed by atoms with van der Waals surface area (Å²) < 4.78 is 1.52. The van der Waals surface area contributed by atoms with Crippen LogP contribution in [0.5, 0.6) is 0 Å². The van der Waals surface area contributed by atoms with Crippen LogP contribution in [0, 0.1) is 11.3 Å². The molecule has 27 heavy (non-hydrogen) atoms. The van der Waals surface area contributed by atoms with Crippen molar-refractivity contribution in [3.8, 4) is 11.9 Å². The van der Waals surface area contributed by atoms with Gasteiger partial charge in [0.15, 0.2) is 5.82 Å². The molecule has 132 valence electrons. The highest BCUT2D eigenvalue weighted by molar-refractivity contribution is 5.94. The zero-order chi connectivity index (χ0) is 18.6. The first-order chi connectivity index (χ1) is 13.2. The zero-order valence-corrected chi connectivity index (χ0v) is 14.3. The van der Waals surface area contributed by atoms with Gasteiger partial charge in [0.1, 0.15) is 18.7 Å². The molecule has 3 aromatic heterocycles. The summed E-state index contributed by atoms with van der Waals surface area (Å²) in [6.07, 6.45) is 6.85. The second kappa shape index (κ2) is 7.09. The van der Waals surface area contributed by atoms with E-state index in [9.17, 15) is 4.79 Å². The van der Waals surface area contributed by atoms with Crippen LogP contribution in [0.3, 0.4) is 0 Å². The van der Waals surface area contributed by atoms with Crippen LogP contribution >= 0.6 is 0 Å². The molecule has 0 spiro atoms. The van der Waals surface area contributed by atoms with Crippen LogP contribution in [-0.2, 0) is 6.42 Å². The van der Waals surface area contributed by atoms with Gasteiger partial charge in [-0.15, -0.1) is 0 Å². The van der Waals surface area contributed by atoms with Gasteiger partial charge in [-0.1, -0.05) is 6.07 Å². The van der Waals surface area contributed by atoms with E-state index in [0.717, 1.165) is 16.5 Å². The van der Waals surface area contributed by atoms with E-state index in [-0.39, 0.29) is 5.91 Å². The van der Waals surface area contributed by atoms with E-state index in [4.69, 9.17) is 5.26 Å². The molecule has 4 rings (SSSR count). The molecule has 1 aromatic carbocycles. The molecule has 8 nitrogen and oxygen atoms in total. The van der Waals surface area contributed by atoms with Crippen LogP contribution in [-0.4, -0.2) is 37.2 Å². The zero-order valence-electron chi connectivity index (χ0n) is 14.3. The van der Waals surface area contributed by atoms with Crippen LogP contribution in [0.4, 0.5) is 0 Å². The molecule has 0 bridgehead atoms. The number of amides is 1. The molecule has 8 heteroatoms. The van der Waals surface area contributed by atoms with Crippen molar-refractivity contribution >= 4 is 16.8 Å². The van der Waals surface area contributed by atoms with Gasteiger partial charge >= 0.3 is 0 Å². The number of carbonyl (C=O) groups excluding carboxylic acids is 1. The molecule has 0 radical (unpaired) electrons. The van der Waals surface area contributed by atoms with E-state index in [1.54, 1.807) is 24.7 Å². The Bertz CT molecular complexity index is 1120. The van der Waals surface area contributed by atoms with Crippen LogP contribution in [0.1, 0.15) is 21.5 Å². The Morgan fingerprint density at radius 1 is 1.30 bits per heavy atom. The Morgan fingerprint density at radius 2 is 2.22 bits per heavy atom. The lowest BCUT2D eigenvalue weighted by Crippen LogP contribution is -2.25. The van der Waals surface area contributed by atoms with E-state index in [1.807, 2.05) is 18.2 Å². The quantitative estimate of drug-likeness (QED) is 0.567. The van der Waals surface area contributed by atoms with Crippen molar-refractivity contribution < 1.29 is 4.79 Å². The Morgan fingerprint density at radius 3 is 2.96 bits per heavy atom.